The minimum absolute atomic E-state index is 0.394. The first-order chi connectivity index (χ1) is 6.23. The van der Waals surface area contributed by atoms with E-state index in [9.17, 15) is 22.8 Å². The Morgan fingerprint density at radius 3 is 2.21 bits per heavy atom. The molecule has 0 spiro atoms. The van der Waals surface area contributed by atoms with Gasteiger partial charge in [-0.15, -0.1) is 0 Å². The second kappa shape index (κ2) is 4.64. The summed E-state index contributed by atoms with van der Waals surface area (Å²) in [6, 6.07) is 0. The van der Waals surface area contributed by atoms with E-state index in [1.54, 1.807) is 0 Å². The number of ether oxygens (including phenoxy) is 1. The Hall–Kier alpha value is -1.53. The monoisotopic (exact) mass is 212 g/mol. The molecular weight excluding hydrogens is 205 g/mol. The molecule has 0 aromatic heterocycles. The molecule has 14 heavy (non-hydrogen) atoms. The first-order valence-corrected chi connectivity index (χ1v) is 3.42. The molecule has 1 N–H and O–H groups in total. The smallest absolute Gasteiger partial charge is 0.425 e. The van der Waals surface area contributed by atoms with Crippen LogP contribution >= 0.6 is 0 Å². The third kappa shape index (κ3) is 5.18. The minimum Gasteiger partial charge on any atom is -0.478 e. The number of hydrogen-bond acceptors (Lipinski definition) is 3. The van der Waals surface area contributed by atoms with Crippen molar-refractivity contribution in [3.05, 3.63) is 12.2 Å². The van der Waals surface area contributed by atoms with Gasteiger partial charge >= 0.3 is 18.1 Å². The molecule has 0 amide bonds. The summed E-state index contributed by atoms with van der Waals surface area (Å²) in [5.41, 5.74) is 0. The molecule has 1 atom stereocenters. The Bertz CT molecular complexity index is 256. The summed E-state index contributed by atoms with van der Waals surface area (Å²) in [5, 5.41) is 8.04. The lowest BCUT2D eigenvalue weighted by atomic mass is 10.4. The maximum Gasteiger partial charge on any atom is 0.425 e. The molecule has 0 aliphatic carbocycles. The molecule has 0 heterocycles. The number of rotatable bonds is 3. The van der Waals surface area contributed by atoms with Crippen molar-refractivity contribution >= 4 is 11.9 Å². The van der Waals surface area contributed by atoms with E-state index in [-0.39, 0.29) is 0 Å². The van der Waals surface area contributed by atoms with Crippen LogP contribution in [0.4, 0.5) is 13.2 Å². The maximum absolute atomic E-state index is 11.8. The molecule has 0 aromatic carbocycles. The molecule has 0 bridgehead atoms. The second-order valence-electron chi connectivity index (χ2n) is 2.29. The van der Waals surface area contributed by atoms with E-state index in [0.29, 0.717) is 19.1 Å². The molecule has 0 aliphatic heterocycles. The predicted molar refractivity (Wildman–Crippen MR) is 38.4 cm³/mol. The molecule has 7 heteroatoms. The van der Waals surface area contributed by atoms with E-state index >= 15 is 0 Å². The fraction of sp³-hybridized carbons (Fsp3) is 0.429. The van der Waals surface area contributed by atoms with Crippen LogP contribution < -0.4 is 0 Å². The lowest BCUT2D eigenvalue weighted by molar-refractivity contribution is -0.213. The van der Waals surface area contributed by atoms with Gasteiger partial charge in [0, 0.05) is 12.2 Å². The minimum atomic E-state index is -4.65. The van der Waals surface area contributed by atoms with Crippen LogP contribution in [0.15, 0.2) is 12.2 Å². The standard InChI is InChI=1S/C7H7F3O4/c1-4(7(8,9)10)14-6(13)3-2-5(11)12/h2-4H,1H3,(H,11,12)/b3-2-. The van der Waals surface area contributed by atoms with Gasteiger partial charge in [0.15, 0.2) is 6.10 Å². The van der Waals surface area contributed by atoms with Gasteiger partial charge in [-0.05, 0) is 6.92 Å². The topological polar surface area (TPSA) is 63.6 Å². The van der Waals surface area contributed by atoms with Gasteiger partial charge in [-0.3, -0.25) is 0 Å². The van der Waals surface area contributed by atoms with Crippen molar-refractivity contribution in [1.29, 1.82) is 0 Å². The molecule has 0 rings (SSSR count). The van der Waals surface area contributed by atoms with Crippen LogP contribution in [-0.2, 0) is 14.3 Å². The fourth-order valence-corrected chi connectivity index (χ4v) is 0.420. The number of aliphatic carboxylic acids is 1. The van der Waals surface area contributed by atoms with Crippen LogP contribution in [0.1, 0.15) is 6.92 Å². The molecule has 0 fully saturated rings. The molecule has 4 nitrogen and oxygen atoms in total. The Morgan fingerprint density at radius 2 is 1.86 bits per heavy atom. The van der Waals surface area contributed by atoms with Crippen molar-refractivity contribution in [1.82, 2.24) is 0 Å². The molecular formula is C7H7F3O4. The summed E-state index contributed by atoms with van der Waals surface area (Å²) in [7, 11) is 0. The maximum atomic E-state index is 11.8. The number of carboxylic acids is 1. The van der Waals surface area contributed by atoms with Crippen molar-refractivity contribution in [2.24, 2.45) is 0 Å². The molecule has 0 aromatic rings. The number of carbonyl (C=O) groups excluding carboxylic acids is 1. The SMILES string of the molecule is CC(OC(=O)/C=C\C(=O)O)C(F)(F)F. The summed E-state index contributed by atoms with van der Waals surface area (Å²) in [4.78, 5) is 20.4. The molecule has 0 aliphatic rings. The number of hydrogen-bond donors (Lipinski definition) is 1. The van der Waals surface area contributed by atoms with Gasteiger partial charge in [0.2, 0.25) is 0 Å². The van der Waals surface area contributed by atoms with Crippen molar-refractivity contribution in [3.8, 4) is 0 Å². The van der Waals surface area contributed by atoms with Gasteiger partial charge in [-0.2, -0.15) is 13.2 Å². The zero-order valence-corrected chi connectivity index (χ0v) is 7.04. The molecule has 0 saturated heterocycles. The zero-order valence-electron chi connectivity index (χ0n) is 7.04. The highest BCUT2D eigenvalue weighted by atomic mass is 19.4. The van der Waals surface area contributed by atoms with Crippen LogP contribution in [0, 0.1) is 0 Å². The molecule has 0 saturated carbocycles. The van der Waals surface area contributed by atoms with E-state index in [0.717, 1.165) is 0 Å². The van der Waals surface area contributed by atoms with Crippen molar-refractivity contribution in [2.45, 2.75) is 19.2 Å². The average Bonchev–Trinajstić information content (AvgIpc) is 1.99. The summed E-state index contributed by atoms with van der Waals surface area (Å²) in [5.74, 6) is -2.79. The Morgan fingerprint density at radius 1 is 1.36 bits per heavy atom. The lowest BCUT2D eigenvalue weighted by Gasteiger charge is -2.14. The first-order valence-electron chi connectivity index (χ1n) is 3.42. The summed E-state index contributed by atoms with van der Waals surface area (Å²) < 4.78 is 39.2. The van der Waals surface area contributed by atoms with Gasteiger partial charge in [0.1, 0.15) is 0 Å². The van der Waals surface area contributed by atoms with Crippen LogP contribution in [0.25, 0.3) is 0 Å². The number of halogens is 3. The highest BCUT2D eigenvalue weighted by Gasteiger charge is 2.38. The summed E-state index contributed by atoms with van der Waals surface area (Å²) >= 11 is 0. The first kappa shape index (κ1) is 12.5. The Balaban J connectivity index is 4.14. The highest BCUT2D eigenvalue weighted by molar-refractivity contribution is 5.90. The number of alkyl halides is 3. The number of esters is 1. The van der Waals surface area contributed by atoms with Crippen LogP contribution in [0.2, 0.25) is 0 Å². The fourth-order valence-electron chi connectivity index (χ4n) is 0.420. The number of carboxylic acid groups (broad SMARTS) is 1. The van der Waals surface area contributed by atoms with Crippen molar-refractivity contribution < 1.29 is 32.6 Å². The van der Waals surface area contributed by atoms with Gasteiger partial charge in [0.05, 0.1) is 0 Å². The largest absolute Gasteiger partial charge is 0.478 e. The van der Waals surface area contributed by atoms with E-state index in [2.05, 4.69) is 4.74 Å². The molecule has 80 valence electrons. The van der Waals surface area contributed by atoms with Crippen LogP contribution in [0.3, 0.4) is 0 Å². The summed E-state index contributed by atoms with van der Waals surface area (Å²) in [6.45, 7) is 0.645. The van der Waals surface area contributed by atoms with E-state index in [1.807, 2.05) is 0 Å². The average molecular weight is 212 g/mol. The quantitative estimate of drug-likeness (QED) is 0.562. The van der Waals surface area contributed by atoms with Crippen LogP contribution in [-0.4, -0.2) is 29.3 Å². The van der Waals surface area contributed by atoms with E-state index < -0.39 is 24.2 Å². The second-order valence-corrected chi connectivity index (χ2v) is 2.29. The molecule has 1 unspecified atom stereocenters. The predicted octanol–water partition coefficient (Wildman–Crippen LogP) is 1.12. The normalized spacial score (nSPS) is 14.0. The zero-order chi connectivity index (χ0) is 11.4. The van der Waals surface area contributed by atoms with Crippen molar-refractivity contribution in [3.63, 3.8) is 0 Å². The van der Waals surface area contributed by atoms with E-state index in [4.69, 9.17) is 5.11 Å². The van der Waals surface area contributed by atoms with Crippen molar-refractivity contribution in [2.75, 3.05) is 0 Å². The van der Waals surface area contributed by atoms with E-state index in [1.165, 1.54) is 0 Å². The Labute approximate surface area is 77.0 Å². The van der Waals surface area contributed by atoms with Gasteiger partial charge in [-0.25, -0.2) is 9.59 Å². The van der Waals surface area contributed by atoms with Gasteiger partial charge in [-0.1, -0.05) is 0 Å². The third-order valence-corrected chi connectivity index (χ3v) is 1.12. The van der Waals surface area contributed by atoms with Gasteiger partial charge < -0.3 is 9.84 Å². The third-order valence-electron chi connectivity index (χ3n) is 1.12. The Kier molecular flexibility index (Phi) is 4.13. The molecule has 0 radical (unpaired) electrons. The van der Waals surface area contributed by atoms with Crippen LogP contribution in [0.5, 0.6) is 0 Å². The lowest BCUT2D eigenvalue weighted by Crippen LogP contribution is -2.30. The van der Waals surface area contributed by atoms with Gasteiger partial charge in [0.25, 0.3) is 0 Å². The summed E-state index contributed by atoms with van der Waals surface area (Å²) in [6.07, 6.45) is -6.10. The highest BCUT2D eigenvalue weighted by Crippen LogP contribution is 2.22. The number of carbonyl (C=O) groups is 2.